The Labute approximate surface area is 126 Å². The van der Waals surface area contributed by atoms with Gasteiger partial charge in [0.2, 0.25) is 5.75 Å². The molecule has 0 aliphatic heterocycles. The first-order valence-electron chi connectivity index (χ1n) is 6.61. The van der Waals surface area contributed by atoms with Crippen molar-refractivity contribution in [2.45, 2.75) is 13.3 Å². The molecule has 7 nitrogen and oxygen atoms in total. The molecule has 0 saturated heterocycles. The summed E-state index contributed by atoms with van der Waals surface area (Å²) in [6.07, 6.45) is 2.78. The maximum Gasteiger partial charge on any atom is 0.314 e. The normalized spacial score (nSPS) is 10.0. The first-order valence-corrected chi connectivity index (χ1v) is 6.61. The summed E-state index contributed by atoms with van der Waals surface area (Å²) >= 11 is 0. The monoisotopic (exact) mass is 302 g/mol. The zero-order valence-corrected chi connectivity index (χ0v) is 11.9. The van der Waals surface area contributed by atoms with Gasteiger partial charge in [-0.25, -0.2) is 0 Å². The molecule has 0 amide bonds. The van der Waals surface area contributed by atoms with E-state index in [9.17, 15) is 14.9 Å². The van der Waals surface area contributed by atoms with Crippen LogP contribution in [0.15, 0.2) is 42.7 Å². The zero-order chi connectivity index (χ0) is 15.9. The molecule has 0 aliphatic rings. The molecule has 1 aromatic heterocycles. The number of nitrogens with zero attached hydrogens (tertiary/aromatic N) is 2. The van der Waals surface area contributed by atoms with Crippen molar-refractivity contribution in [1.29, 1.82) is 0 Å². The first kappa shape index (κ1) is 15.4. The van der Waals surface area contributed by atoms with Crippen LogP contribution in [-0.4, -0.2) is 22.5 Å². The average molecular weight is 302 g/mol. The van der Waals surface area contributed by atoms with Crippen molar-refractivity contribution in [2.75, 3.05) is 6.61 Å². The van der Waals surface area contributed by atoms with Gasteiger partial charge in [-0.1, -0.05) is 12.1 Å². The van der Waals surface area contributed by atoms with E-state index in [0.29, 0.717) is 12.4 Å². The fourth-order valence-electron chi connectivity index (χ4n) is 1.78. The Bertz CT molecular complexity index is 670. The maximum atomic E-state index is 11.4. The molecule has 0 atom stereocenters. The van der Waals surface area contributed by atoms with E-state index in [4.69, 9.17) is 9.47 Å². The van der Waals surface area contributed by atoms with E-state index < -0.39 is 4.92 Å². The number of carbonyl (C=O) groups is 1. The molecule has 22 heavy (non-hydrogen) atoms. The second kappa shape index (κ2) is 7.16. The molecule has 0 N–H and O–H groups in total. The van der Waals surface area contributed by atoms with Gasteiger partial charge in [-0.3, -0.25) is 19.9 Å². The van der Waals surface area contributed by atoms with Crippen LogP contribution >= 0.6 is 0 Å². The van der Waals surface area contributed by atoms with Gasteiger partial charge in [0, 0.05) is 12.3 Å². The Morgan fingerprint density at radius 1 is 1.27 bits per heavy atom. The standard InChI is InChI=1S/C15H14N2O5/c1-2-21-15(18)9-11-3-5-12(6-4-11)22-14-10-16-8-7-13(14)17(19)20/h3-8,10H,2,9H2,1H3. The van der Waals surface area contributed by atoms with Gasteiger partial charge in [0.1, 0.15) is 5.75 Å². The second-order valence-electron chi connectivity index (χ2n) is 4.33. The number of rotatable bonds is 6. The van der Waals surface area contributed by atoms with E-state index in [2.05, 4.69) is 4.98 Å². The van der Waals surface area contributed by atoms with Crippen molar-refractivity contribution in [3.05, 3.63) is 58.4 Å². The van der Waals surface area contributed by atoms with Crippen molar-refractivity contribution < 1.29 is 19.2 Å². The van der Waals surface area contributed by atoms with Gasteiger partial charge in [-0.05, 0) is 24.6 Å². The van der Waals surface area contributed by atoms with Crippen molar-refractivity contribution in [2.24, 2.45) is 0 Å². The maximum absolute atomic E-state index is 11.4. The van der Waals surface area contributed by atoms with Crippen LogP contribution in [0, 0.1) is 10.1 Å². The molecular weight excluding hydrogens is 288 g/mol. The number of carbonyl (C=O) groups excluding carboxylic acids is 1. The summed E-state index contributed by atoms with van der Waals surface area (Å²) in [5.74, 6) is 0.174. The summed E-state index contributed by atoms with van der Waals surface area (Å²) in [5, 5.41) is 10.9. The molecular formula is C15H14N2O5. The smallest absolute Gasteiger partial charge is 0.314 e. The van der Waals surface area contributed by atoms with E-state index in [0.717, 1.165) is 5.56 Å². The molecule has 0 fully saturated rings. The number of benzene rings is 1. The van der Waals surface area contributed by atoms with Crippen LogP contribution in [0.3, 0.4) is 0 Å². The van der Waals surface area contributed by atoms with Gasteiger partial charge in [0.25, 0.3) is 0 Å². The minimum atomic E-state index is -0.536. The van der Waals surface area contributed by atoms with Crippen LogP contribution in [0.5, 0.6) is 11.5 Å². The van der Waals surface area contributed by atoms with Crippen LogP contribution in [0.4, 0.5) is 5.69 Å². The van der Waals surface area contributed by atoms with Gasteiger partial charge >= 0.3 is 11.7 Å². The van der Waals surface area contributed by atoms with Gasteiger partial charge in [-0.15, -0.1) is 0 Å². The second-order valence-corrected chi connectivity index (χ2v) is 4.33. The van der Waals surface area contributed by atoms with E-state index in [1.165, 1.54) is 18.5 Å². The highest BCUT2D eigenvalue weighted by Gasteiger charge is 2.15. The van der Waals surface area contributed by atoms with Crippen molar-refractivity contribution in [3.8, 4) is 11.5 Å². The fraction of sp³-hybridized carbons (Fsp3) is 0.200. The first-order chi connectivity index (χ1) is 10.6. The number of ether oxygens (including phenoxy) is 2. The predicted octanol–water partition coefficient (Wildman–Crippen LogP) is 2.89. The SMILES string of the molecule is CCOC(=O)Cc1ccc(Oc2cnccc2[N+](=O)[O-])cc1. The Morgan fingerprint density at radius 3 is 2.64 bits per heavy atom. The van der Waals surface area contributed by atoms with Crippen LogP contribution in [0.1, 0.15) is 12.5 Å². The van der Waals surface area contributed by atoms with Crippen LogP contribution in [0.2, 0.25) is 0 Å². The number of pyridine rings is 1. The Kier molecular flexibility index (Phi) is 5.02. The number of hydrogen-bond acceptors (Lipinski definition) is 6. The molecule has 2 rings (SSSR count). The fourth-order valence-corrected chi connectivity index (χ4v) is 1.78. The van der Waals surface area contributed by atoms with Crippen molar-refractivity contribution in [1.82, 2.24) is 4.98 Å². The predicted molar refractivity (Wildman–Crippen MR) is 77.7 cm³/mol. The van der Waals surface area contributed by atoms with Crippen molar-refractivity contribution >= 4 is 11.7 Å². The molecule has 0 bridgehead atoms. The van der Waals surface area contributed by atoms with Crippen LogP contribution < -0.4 is 4.74 Å². The summed E-state index contributed by atoms with van der Waals surface area (Å²) in [6, 6.07) is 7.93. The third-order valence-electron chi connectivity index (χ3n) is 2.76. The largest absolute Gasteiger partial charge is 0.466 e. The summed E-state index contributed by atoms with van der Waals surface area (Å²) in [6.45, 7) is 2.08. The molecule has 1 aromatic carbocycles. The Balaban J connectivity index is 2.09. The van der Waals surface area contributed by atoms with Gasteiger partial charge in [0.15, 0.2) is 0 Å². The minimum Gasteiger partial charge on any atom is -0.466 e. The highest BCUT2D eigenvalue weighted by atomic mass is 16.6. The molecule has 7 heteroatoms. The topological polar surface area (TPSA) is 91.6 Å². The minimum absolute atomic E-state index is 0.0608. The Hall–Kier alpha value is -2.96. The van der Waals surface area contributed by atoms with E-state index in [-0.39, 0.29) is 23.8 Å². The van der Waals surface area contributed by atoms with Crippen molar-refractivity contribution in [3.63, 3.8) is 0 Å². The highest BCUT2D eigenvalue weighted by Crippen LogP contribution is 2.29. The lowest BCUT2D eigenvalue weighted by Crippen LogP contribution is -2.07. The molecule has 0 aliphatic carbocycles. The molecule has 0 unspecified atom stereocenters. The van der Waals surface area contributed by atoms with E-state index in [1.807, 2.05) is 0 Å². The number of nitro groups is 1. The molecule has 114 valence electrons. The van der Waals surface area contributed by atoms with Gasteiger partial charge in [-0.2, -0.15) is 0 Å². The lowest BCUT2D eigenvalue weighted by molar-refractivity contribution is -0.385. The molecule has 0 radical (unpaired) electrons. The summed E-state index contributed by atoms with van der Waals surface area (Å²) in [5.41, 5.74) is 0.608. The van der Waals surface area contributed by atoms with Gasteiger partial charge < -0.3 is 9.47 Å². The molecule has 0 spiro atoms. The van der Waals surface area contributed by atoms with E-state index in [1.54, 1.807) is 31.2 Å². The molecule has 1 heterocycles. The highest BCUT2D eigenvalue weighted by molar-refractivity contribution is 5.72. The van der Waals surface area contributed by atoms with E-state index >= 15 is 0 Å². The average Bonchev–Trinajstić information content (AvgIpc) is 2.50. The summed E-state index contributed by atoms with van der Waals surface area (Å²) in [7, 11) is 0. The lowest BCUT2D eigenvalue weighted by atomic mass is 10.1. The third-order valence-corrected chi connectivity index (χ3v) is 2.76. The van der Waals surface area contributed by atoms with Gasteiger partial charge in [0.05, 0.1) is 24.1 Å². The third kappa shape index (κ3) is 4.02. The zero-order valence-electron chi connectivity index (χ0n) is 11.9. The van der Waals surface area contributed by atoms with Crippen LogP contribution in [-0.2, 0) is 16.0 Å². The number of hydrogen-bond donors (Lipinski definition) is 0. The summed E-state index contributed by atoms with van der Waals surface area (Å²) in [4.78, 5) is 25.5. The quantitative estimate of drug-likeness (QED) is 0.463. The lowest BCUT2D eigenvalue weighted by Gasteiger charge is -2.07. The molecule has 2 aromatic rings. The van der Waals surface area contributed by atoms with Crippen LogP contribution in [0.25, 0.3) is 0 Å². The number of esters is 1. The summed E-state index contributed by atoms with van der Waals surface area (Å²) < 4.78 is 10.3. The Morgan fingerprint density at radius 2 is 2.00 bits per heavy atom. The number of aromatic nitrogens is 1. The molecule has 0 saturated carbocycles.